The quantitative estimate of drug-likeness (QED) is 0.380. The Labute approximate surface area is 150 Å². The summed E-state index contributed by atoms with van der Waals surface area (Å²) in [6.45, 7) is 1.03. The smallest absolute Gasteiger partial charge is 0.306 e. The van der Waals surface area contributed by atoms with Crippen LogP contribution < -0.4 is 15.0 Å². The summed E-state index contributed by atoms with van der Waals surface area (Å²) in [6, 6.07) is 0. The predicted octanol–water partition coefficient (Wildman–Crippen LogP) is 0.251. The van der Waals surface area contributed by atoms with E-state index >= 15 is 0 Å². The Hall–Kier alpha value is -2.91. The van der Waals surface area contributed by atoms with Crippen LogP contribution in [0.2, 0.25) is 0 Å². The normalized spacial score (nSPS) is 11.0. The van der Waals surface area contributed by atoms with Crippen LogP contribution in [0.5, 0.6) is 5.88 Å². The van der Waals surface area contributed by atoms with Gasteiger partial charge < -0.3 is 20.6 Å². The molecule has 0 unspecified atom stereocenters. The second-order valence-electron chi connectivity index (χ2n) is 6.07. The number of aryl methyl sites for hydroxylation is 2. The lowest BCUT2D eigenvalue weighted by Crippen LogP contribution is -2.33. The molecule has 3 N–H and O–H groups in total. The Balaban J connectivity index is 2.05. The van der Waals surface area contributed by atoms with Gasteiger partial charge in [-0.05, 0) is 25.7 Å². The molecule has 2 aromatic heterocycles. The summed E-state index contributed by atoms with van der Waals surface area (Å²) < 4.78 is 3.47. The molecule has 10 heteroatoms. The van der Waals surface area contributed by atoms with Crippen LogP contribution in [0.25, 0.3) is 11.2 Å². The molecule has 0 aliphatic heterocycles. The van der Waals surface area contributed by atoms with Crippen LogP contribution >= 0.6 is 0 Å². The molecule has 10 nitrogen and oxygen atoms in total. The number of aliphatic carboxylic acids is 2. The largest absolute Gasteiger partial charge is 0.856 e. The van der Waals surface area contributed by atoms with Crippen LogP contribution in [0.1, 0.15) is 38.5 Å². The van der Waals surface area contributed by atoms with E-state index in [0.29, 0.717) is 49.9 Å². The molecule has 0 saturated carbocycles. The van der Waals surface area contributed by atoms with E-state index in [4.69, 9.17) is 10.2 Å². The highest BCUT2D eigenvalue weighted by atomic mass is 16.4. The summed E-state index contributed by atoms with van der Waals surface area (Å²) >= 11 is 0. The summed E-state index contributed by atoms with van der Waals surface area (Å²) in [6.07, 6.45) is 4.32. The SMILES string of the molecule is Cn1c[n+](CCCCC(=O)O)c2nc(NCCCCC(=O)O)nc([O-])c21. The summed E-state index contributed by atoms with van der Waals surface area (Å²) in [5.74, 6) is -1.85. The number of nitrogens with one attached hydrogen (secondary N) is 1. The number of nitrogens with zero attached hydrogens (tertiary/aromatic N) is 4. The molecule has 0 atom stereocenters. The summed E-state index contributed by atoms with van der Waals surface area (Å²) in [5, 5.41) is 32.5. The molecule has 142 valence electrons. The van der Waals surface area contributed by atoms with Crippen molar-refractivity contribution in [2.24, 2.45) is 7.05 Å². The first kappa shape index (κ1) is 19.4. The number of hydrogen-bond acceptors (Lipinski definition) is 6. The predicted molar refractivity (Wildman–Crippen MR) is 89.6 cm³/mol. The van der Waals surface area contributed by atoms with Gasteiger partial charge in [0.25, 0.3) is 5.95 Å². The molecule has 0 radical (unpaired) electrons. The Bertz CT molecular complexity index is 789. The molecule has 0 saturated heterocycles. The molecule has 2 heterocycles. The van der Waals surface area contributed by atoms with Gasteiger partial charge in [0, 0.05) is 25.3 Å². The van der Waals surface area contributed by atoms with Gasteiger partial charge in [-0.2, -0.15) is 0 Å². The first-order valence-electron chi connectivity index (χ1n) is 8.49. The molecule has 0 aliphatic carbocycles. The summed E-state index contributed by atoms with van der Waals surface area (Å²) in [4.78, 5) is 29.4. The number of carbonyl (C=O) groups is 2. The minimum atomic E-state index is -0.835. The van der Waals surface area contributed by atoms with Crippen molar-refractivity contribution in [1.29, 1.82) is 0 Å². The van der Waals surface area contributed by atoms with Crippen LogP contribution in [-0.2, 0) is 23.2 Å². The third kappa shape index (κ3) is 5.30. The number of rotatable bonds is 11. The maximum Gasteiger partial charge on any atom is 0.306 e. The van der Waals surface area contributed by atoms with Crippen molar-refractivity contribution >= 4 is 29.1 Å². The lowest BCUT2D eigenvalue weighted by molar-refractivity contribution is -0.674. The molecular weight excluding hydrogens is 342 g/mol. The highest BCUT2D eigenvalue weighted by Crippen LogP contribution is 2.18. The maximum absolute atomic E-state index is 12.3. The van der Waals surface area contributed by atoms with Crippen molar-refractivity contribution in [3.8, 4) is 5.88 Å². The number of aromatic nitrogens is 4. The van der Waals surface area contributed by atoms with Gasteiger partial charge in [0.15, 0.2) is 11.8 Å². The zero-order valence-corrected chi connectivity index (χ0v) is 14.6. The average molecular weight is 365 g/mol. The first-order chi connectivity index (χ1) is 12.4. The molecule has 0 fully saturated rings. The van der Waals surface area contributed by atoms with Crippen LogP contribution in [-0.4, -0.2) is 43.2 Å². The van der Waals surface area contributed by atoms with Gasteiger partial charge >= 0.3 is 17.6 Å². The lowest BCUT2D eigenvalue weighted by Gasteiger charge is -2.07. The van der Waals surface area contributed by atoms with Crippen molar-refractivity contribution in [2.75, 3.05) is 11.9 Å². The van der Waals surface area contributed by atoms with Crippen molar-refractivity contribution in [3.63, 3.8) is 0 Å². The van der Waals surface area contributed by atoms with Crippen molar-refractivity contribution in [2.45, 2.75) is 45.1 Å². The monoisotopic (exact) mass is 365 g/mol. The standard InChI is InChI=1S/C16H23N5O5/c1-20-10-21(9-5-3-7-12(24)25)14-13(20)15(26)19-16(18-14)17-8-4-2-6-11(22)23/h10H,2-9H2,1H3,(H3-,17,18,19,22,23,24,25,26). The third-order valence-corrected chi connectivity index (χ3v) is 3.91. The summed E-state index contributed by atoms with van der Waals surface area (Å²) in [5.41, 5.74) is 0.885. The number of carboxylic acids is 2. The van der Waals surface area contributed by atoms with Gasteiger partial charge in [-0.3, -0.25) is 14.2 Å². The molecule has 0 aliphatic rings. The van der Waals surface area contributed by atoms with Crippen molar-refractivity contribution in [1.82, 2.24) is 14.5 Å². The molecular formula is C16H23N5O5. The average Bonchev–Trinajstić information content (AvgIpc) is 2.87. The number of hydrogen-bond donors (Lipinski definition) is 3. The Morgan fingerprint density at radius 2 is 1.81 bits per heavy atom. The lowest BCUT2D eigenvalue weighted by atomic mass is 10.2. The van der Waals surface area contributed by atoms with Gasteiger partial charge in [-0.1, -0.05) is 4.98 Å². The molecule has 0 spiro atoms. The minimum Gasteiger partial charge on any atom is -0.856 e. The molecule has 0 aromatic carbocycles. The van der Waals surface area contributed by atoms with E-state index in [2.05, 4.69) is 15.3 Å². The number of anilines is 1. The highest BCUT2D eigenvalue weighted by molar-refractivity contribution is 5.74. The molecule has 2 rings (SSSR count). The Kier molecular flexibility index (Phi) is 6.70. The topological polar surface area (TPSA) is 144 Å². The third-order valence-electron chi connectivity index (χ3n) is 3.91. The van der Waals surface area contributed by atoms with E-state index in [1.54, 1.807) is 17.9 Å². The van der Waals surface area contributed by atoms with E-state index in [1.165, 1.54) is 0 Å². The zero-order chi connectivity index (χ0) is 19.1. The highest BCUT2D eigenvalue weighted by Gasteiger charge is 2.18. The first-order valence-corrected chi connectivity index (χ1v) is 8.49. The van der Waals surface area contributed by atoms with Crippen LogP contribution in [0.15, 0.2) is 6.33 Å². The molecule has 0 bridgehead atoms. The number of unbranched alkanes of at least 4 members (excludes halogenated alkanes) is 2. The van der Waals surface area contributed by atoms with E-state index in [9.17, 15) is 14.7 Å². The molecule has 2 aromatic rings. The number of fused-ring (bicyclic) bond motifs is 1. The van der Waals surface area contributed by atoms with Crippen molar-refractivity contribution in [3.05, 3.63) is 6.33 Å². The van der Waals surface area contributed by atoms with Gasteiger partial charge in [0.2, 0.25) is 0 Å². The number of imidazole rings is 1. The van der Waals surface area contributed by atoms with E-state index in [0.717, 1.165) is 0 Å². The molecule has 26 heavy (non-hydrogen) atoms. The van der Waals surface area contributed by atoms with Gasteiger partial charge in [-0.15, -0.1) is 0 Å². The van der Waals surface area contributed by atoms with Crippen LogP contribution in [0.3, 0.4) is 0 Å². The van der Waals surface area contributed by atoms with E-state index in [1.807, 2.05) is 4.57 Å². The zero-order valence-electron chi connectivity index (χ0n) is 14.6. The second kappa shape index (κ2) is 8.97. The number of carboxylic acid groups (broad SMARTS) is 2. The minimum absolute atomic E-state index is 0.101. The van der Waals surface area contributed by atoms with Crippen molar-refractivity contribution < 1.29 is 29.5 Å². The fraction of sp³-hybridized carbons (Fsp3) is 0.562. The Morgan fingerprint density at radius 1 is 1.15 bits per heavy atom. The fourth-order valence-corrected chi connectivity index (χ4v) is 2.66. The van der Waals surface area contributed by atoms with E-state index < -0.39 is 17.8 Å². The Morgan fingerprint density at radius 3 is 2.46 bits per heavy atom. The maximum atomic E-state index is 12.3. The van der Waals surface area contributed by atoms with Crippen LogP contribution in [0, 0.1) is 0 Å². The molecule has 0 amide bonds. The van der Waals surface area contributed by atoms with Crippen LogP contribution in [0.4, 0.5) is 5.95 Å². The van der Waals surface area contributed by atoms with Gasteiger partial charge in [-0.25, -0.2) is 9.55 Å². The van der Waals surface area contributed by atoms with Gasteiger partial charge in [0.05, 0.1) is 13.6 Å². The van der Waals surface area contributed by atoms with Gasteiger partial charge in [0.1, 0.15) is 0 Å². The second-order valence-corrected chi connectivity index (χ2v) is 6.07. The fourth-order valence-electron chi connectivity index (χ4n) is 2.66. The summed E-state index contributed by atoms with van der Waals surface area (Å²) in [7, 11) is 1.74. The van der Waals surface area contributed by atoms with E-state index in [-0.39, 0.29) is 18.8 Å².